The van der Waals surface area contributed by atoms with Gasteiger partial charge < -0.3 is 0 Å². The zero-order valence-corrected chi connectivity index (χ0v) is 7.32. The third kappa shape index (κ3) is 2.17. The lowest BCUT2D eigenvalue weighted by Crippen LogP contribution is -1.92. The molecule has 0 amide bonds. The van der Waals surface area contributed by atoms with E-state index in [1.54, 1.807) is 0 Å². The Balaban J connectivity index is 3.11. The number of aldehydes is 1. The number of hydrogen-bond acceptors (Lipinski definition) is 4. The Morgan fingerprint density at radius 3 is 2.91 bits per heavy atom. The van der Waals surface area contributed by atoms with Crippen LogP contribution in [0.15, 0.2) is 11.2 Å². The maximum atomic E-state index is 10.3. The molecule has 0 unspecified atom stereocenters. The van der Waals surface area contributed by atoms with Crippen molar-refractivity contribution in [1.29, 1.82) is 0 Å². The summed E-state index contributed by atoms with van der Waals surface area (Å²) >= 11 is 6.93. The molecule has 0 aromatic carbocycles. The monoisotopic (exact) mass is 188 g/mol. The zero-order chi connectivity index (χ0) is 8.27. The Morgan fingerprint density at radius 2 is 2.36 bits per heavy atom. The molecule has 0 atom stereocenters. The predicted octanol–water partition coefficient (Wildman–Crippen LogP) is 1.66. The van der Waals surface area contributed by atoms with Gasteiger partial charge in [0.15, 0.2) is 11.4 Å². The van der Waals surface area contributed by atoms with Crippen LogP contribution in [0.4, 0.5) is 0 Å². The minimum Gasteiger partial charge on any atom is -0.296 e. The van der Waals surface area contributed by atoms with E-state index in [-0.39, 0.29) is 0 Å². The highest BCUT2D eigenvalue weighted by molar-refractivity contribution is 7.98. The van der Waals surface area contributed by atoms with Gasteiger partial charge >= 0.3 is 0 Å². The van der Waals surface area contributed by atoms with Gasteiger partial charge in [-0.1, -0.05) is 23.4 Å². The molecule has 0 fully saturated rings. The Labute approximate surface area is 73.2 Å². The van der Waals surface area contributed by atoms with Gasteiger partial charge in [-0.3, -0.25) is 4.79 Å². The summed E-state index contributed by atoms with van der Waals surface area (Å²) in [5.74, 6) is 0. The van der Waals surface area contributed by atoms with Crippen molar-refractivity contribution in [1.82, 2.24) is 9.97 Å². The summed E-state index contributed by atoms with van der Waals surface area (Å²) in [6.45, 7) is 0. The molecule has 11 heavy (non-hydrogen) atoms. The van der Waals surface area contributed by atoms with Gasteiger partial charge in [-0.2, -0.15) is 0 Å². The van der Waals surface area contributed by atoms with E-state index >= 15 is 0 Å². The lowest BCUT2D eigenvalue weighted by Gasteiger charge is -1.95. The third-order valence-corrected chi connectivity index (χ3v) is 1.74. The molecule has 1 heterocycles. The maximum Gasteiger partial charge on any atom is 0.189 e. The average Bonchev–Trinajstić information content (AvgIpc) is 2.03. The van der Waals surface area contributed by atoms with E-state index in [0.29, 0.717) is 22.3 Å². The zero-order valence-electron chi connectivity index (χ0n) is 5.74. The number of hydrogen-bond donors (Lipinski definition) is 0. The number of rotatable bonds is 2. The van der Waals surface area contributed by atoms with E-state index in [1.807, 2.05) is 6.26 Å². The molecule has 1 rings (SSSR count). The van der Waals surface area contributed by atoms with Crippen molar-refractivity contribution in [2.24, 2.45) is 0 Å². The number of nitrogens with zero attached hydrogens (tertiary/aromatic N) is 2. The molecule has 0 spiro atoms. The minimum atomic E-state index is 0.298. The van der Waals surface area contributed by atoms with Gasteiger partial charge in [0.25, 0.3) is 0 Å². The summed E-state index contributed by atoms with van der Waals surface area (Å²) < 4.78 is 0. The van der Waals surface area contributed by atoms with Crippen LogP contribution in [0, 0.1) is 0 Å². The second-order valence-corrected chi connectivity index (χ2v) is 2.88. The summed E-state index contributed by atoms with van der Waals surface area (Å²) in [7, 11) is 0. The summed E-state index contributed by atoms with van der Waals surface area (Å²) in [4.78, 5) is 18.0. The normalized spacial score (nSPS) is 9.64. The standard InChI is InChI=1S/C6H5ClN2OS/c1-11-6-8-4(3-10)2-5(7)9-6/h2-3H,1H3. The fourth-order valence-electron chi connectivity index (χ4n) is 0.565. The SMILES string of the molecule is CSc1nc(Cl)cc(C=O)n1. The van der Waals surface area contributed by atoms with Gasteiger partial charge in [0.1, 0.15) is 10.8 Å². The van der Waals surface area contributed by atoms with E-state index in [9.17, 15) is 4.79 Å². The Bertz CT molecular complexity index is 279. The summed E-state index contributed by atoms with van der Waals surface area (Å²) in [6.07, 6.45) is 2.47. The highest BCUT2D eigenvalue weighted by Gasteiger charge is 1.99. The first kappa shape index (κ1) is 8.49. The van der Waals surface area contributed by atoms with E-state index in [4.69, 9.17) is 11.6 Å². The molecule has 58 valence electrons. The molecule has 0 saturated carbocycles. The number of aromatic nitrogens is 2. The number of carbonyl (C=O) groups is 1. The van der Waals surface area contributed by atoms with Crippen LogP contribution >= 0.6 is 23.4 Å². The van der Waals surface area contributed by atoms with Crippen molar-refractivity contribution < 1.29 is 4.79 Å². The fourth-order valence-corrected chi connectivity index (χ4v) is 1.19. The molecular formula is C6H5ClN2OS. The van der Waals surface area contributed by atoms with Crippen LogP contribution in [0.2, 0.25) is 5.15 Å². The van der Waals surface area contributed by atoms with Gasteiger partial charge in [0.05, 0.1) is 0 Å². The van der Waals surface area contributed by atoms with Crippen LogP contribution in [-0.4, -0.2) is 22.5 Å². The van der Waals surface area contributed by atoms with Crippen LogP contribution in [0.5, 0.6) is 0 Å². The molecule has 0 bridgehead atoms. The van der Waals surface area contributed by atoms with Gasteiger partial charge in [-0.15, -0.1) is 0 Å². The summed E-state index contributed by atoms with van der Waals surface area (Å²) in [5, 5.41) is 0.811. The first-order valence-corrected chi connectivity index (χ1v) is 4.40. The molecule has 1 aromatic heterocycles. The number of carbonyl (C=O) groups excluding carboxylic acids is 1. The quantitative estimate of drug-likeness (QED) is 0.307. The second kappa shape index (κ2) is 3.69. The van der Waals surface area contributed by atoms with Crippen LogP contribution in [-0.2, 0) is 0 Å². The van der Waals surface area contributed by atoms with E-state index in [2.05, 4.69) is 9.97 Å². The fraction of sp³-hybridized carbons (Fsp3) is 0.167. The molecule has 0 saturated heterocycles. The van der Waals surface area contributed by atoms with Crippen molar-refractivity contribution >= 4 is 29.6 Å². The van der Waals surface area contributed by atoms with Crippen LogP contribution < -0.4 is 0 Å². The number of thioether (sulfide) groups is 1. The van der Waals surface area contributed by atoms with Crippen LogP contribution in [0.25, 0.3) is 0 Å². The molecule has 0 aliphatic rings. The molecule has 0 radical (unpaired) electrons. The molecule has 5 heteroatoms. The highest BCUT2D eigenvalue weighted by atomic mass is 35.5. The van der Waals surface area contributed by atoms with E-state index in [0.717, 1.165) is 0 Å². The van der Waals surface area contributed by atoms with Crippen molar-refractivity contribution in [3.05, 3.63) is 16.9 Å². The lowest BCUT2D eigenvalue weighted by molar-refractivity contribution is 0.111. The van der Waals surface area contributed by atoms with Crippen LogP contribution in [0.3, 0.4) is 0 Å². The number of halogens is 1. The molecule has 0 aliphatic heterocycles. The summed E-state index contributed by atoms with van der Waals surface area (Å²) in [5.41, 5.74) is 0.314. The average molecular weight is 189 g/mol. The van der Waals surface area contributed by atoms with Gasteiger partial charge in [0.2, 0.25) is 0 Å². The van der Waals surface area contributed by atoms with Crippen LogP contribution in [0.1, 0.15) is 10.5 Å². The third-order valence-electron chi connectivity index (χ3n) is 0.998. The first-order valence-electron chi connectivity index (χ1n) is 2.80. The first-order chi connectivity index (χ1) is 5.26. The highest BCUT2D eigenvalue weighted by Crippen LogP contribution is 2.12. The Morgan fingerprint density at radius 1 is 1.64 bits per heavy atom. The van der Waals surface area contributed by atoms with Crippen molar-refractivity contribution in [2.45, 2.75) is 5.16 Å². The maximum absolute atomic E-state index is 10.3. The smallest absolute Gasteiger partial charge is 0.189 e. The van der Waals surface area contributed by atoms with Gasteiger partial charge in [0, 0.05) is 6.07 Å². The Kier molecular flexibility index (Phi) is 2.84. The lowest BCUT2D eigenvalue weighted by atomic mass is 10.4. The largest absolute Gasteiger partial charge is 0.296 e. The van der Waals surface area contributed by atoms with E-state index in [1.165, 1.54) is 17.8 Å². The topological polar surface area (TPSA) is 42.9 Å². The van der Waals surface area contributed by atoms with Gasteiger partial charge in [-0.05, 0) is 6.26 Å². The molecular weight excluding hydrogens is 184 g/mol. The predicted molar refractivity (Wildman–Crippen MR) is 44.2 cm³/mol. The molecule has 1 aromatic rings. The minimum absolute atomic E-state index is 0.298. The van der Waals surface area contributed by atoms with Crippen molar-refractivity contribution in [3.8, 4) is 0 Å². The van der Waals surface area contributed by atoms with Gasteiger partial charge in [-0.25, -0.2) is 9.97 Å². The molecule has 0 N–H and O–H groups in total. The van der Waals surface area contributed by atoms with Crippen molar-refractivity contribution in [2.75, 3.05) is 6.26 Å². The molecule has 3 nitrogen and oxygen atoms in total. The molecule has 0 aliphatic carbocycles. The Hall–Kier alpha value is -0.610. The van der Waals surface area contributed by atoms with E-state index < -0.39 is 0 Å². The van der Waals surface area contributed by atoms with Crippen molar-refractivity contribution in [3.63, 3.8) is 0 Å². The second-order valence-electron chi connectivity index (χ2n) is 1.72. The summed E-state index contributed by atoms with van der Waals surface area (Å²) in [6, 6.07) is 1.42.